The quantitative estimate of drug-likeness (QED) is 0.728. The monoisotopic (exact) mass is 242 g/mol. The van der Waals surface area contributed by atoms with Gasteiger partial charge in [-0.1, -0.05) is 18.4 Å². The lowest BCUT2D eigenvalue weighted by Gasteiger charge is -2.40. The molecule has 0 amide bonds. The van der Waals surface area contributed by atoms with Crippen LogP contribution in [0.25, 0.3) is 0 Å². The number of hydrogen-bond donors (Lipinski definition) is 2. The lowest BCUT2D eigenvalue weighted by atomic mass is 9.75. The minimum atomic E-state index is 0.330. The molecule has 2 aliphatic rings. The third kappa shape index (κ3) is 2.93. The molecule has 2 rings (SSSR count). The maximum Gasteiger partial charge on any atom is 0.0229 e. The van der Waals surface area contributed by atoms with Crippen LogP contribution in [0.1, 0.15) is 52.9 Å². The van der Waals surface area contributed by atoms with Crippen molar-refractivity contribution in [2.24, 2.45) is 5.41 Å². The molecule has 0 aromatic carbocycles. The first-order chi connectivity index (χ1) is 7.52. The fourth-order valence-electron chi connectivity index (χ4n) is 3.09. The number of piperidine rings is 1. The SMILES string of the molecule is CC(C)(C)SNC1CCCC12CCNCC2. The highest BCUT2D eigenvalue weighted by molar-refractivity contribution is 7.98. The highest BCUT2D eigenvalue weighted by Gasteiger charge is 2.43. The van der Waals surface area contributed by atoms with E-state index in [0.29, 0.717) is 10.2 Å². The van der Waals surface area contributed by atoms with Crippen LogP contribution < -0.4 is 10.0 Å². The van der Waals surface area contributed by atoms with Gasteiger partial charge in [0.25, 0.3) is 0 Å². The van der Waals surface area contributed by atoms with E-state index in [1.165, 1.54) is 45.2 Å². The first-order valence-corrected chi connectivity index (χ1v) is 7.48. The molecule has 0 aromatic heterocycles. The molecule has 1 saturated heterocycles. The van der Waals surface area contributed by atoms with Gasteiger partial charge < -0.3 is 5.32 Å². The smallest absolute Gasteiger partial charge is 0.0229 e. The average molecular weight is 242 g/mol. The third-order valence-electron chi connectivity index (χ3n) is 4.01. The van der Waals surface area contributed by atoms with Crippen molar-refractivity contribution in [1.29, 1.82) is 0 Å². The Hall–Kier alpha value is 0.270. The van der Waals surface area contributed by atoms with Crippen LogP contribution in [0.5, 0.6) is 0 Å². The van der Waals surface area contributed by atoms with Crippen LogP contribution in [0, 0.1) is 5.41 Å². The van der Waals surface area contributed by atoms with Gasteiger partial charge in [-0.3, -0.25) is 4.72 Å². The van der Waals surface area contributed by atoms with Crippen molar-refractivity contribution >= 4 is 11.9 Å². The summed E-state index contributed by atoms with van der Waals surface area (Å²) in [4.78, 5) is 0. The fourth-order valence-corrected chi connectivity index (χ4v) is 3.96. The van der Waals surface area contributed by atoms with Gasteiger partial charge in [0, 0.05) is 10.8 Å². The maximum atomic E-state index is 3.77. The molecule has 1 aliphatic carbocycles. The van der Waals surface area contributed by atoms with Crippen LogP contribution in [0.4, 0.5) is 0 Å². The third-order valence-corrected chi connectivity index (χ3v) is 5.03. The number of rotatable bonds is 2. The Morgan fingerprint density at radius 3 is 2.50 bits per heavy atom. The predicted molar refractivity (Wildman–Crippen MR) is 72.7 cm³/mol. The second-order valence-electron chi connectivity index (χ2n) is 6.39. The molecule has 0 radical (unpaired) electrons. The minimum absolute atomic E-state index is 0.330. The van der Waals surface area contributed by atoms with E-state index in [0.717, 1.165) is 6.04 Å². The number of hydrogen-bond acceptors (Lipinski definition) is 3. The van der Waals surface area contributed by atoms with E-state index in [-0.39, 0.29) is 0 Å². The fraction of sp³-hybridized carbons (Fsp3) is 1.00. The molecule has 1 atom stereocenters. The van der Waals surface area contributed by atoms with Crippen LogP contribution in [0.2, 0.25) is 0 Å². The average Bonchev–Trinajstić information content (AvgIpc) is 2.58. The largest absolute Gasteiger partial charge is 0.317 e. The van der Waals surface area contributed by atoms with E-state index in [2.05, 4.69) is 30.8 Å². The highest BCUT2D eigenvalue weighted by Crippen LogP contribution is 2.46. The van der Waals surface area contributed by atoms with Gasteiger partial charge in [0.2, 0.25) is 0 Å². The Bertz CT molecular complexity index is 229. The molecule has 94 valence electrons. The Morgan fingerprint density at radius 2 is 1.88 bits per heavy atom. The summed E-state index contributed by atoms with van der Waals surface area (Å²) in [5.41, 5.74) is 0.615. The zero-order valence-corrected chi connectivity index (χ0v) is 11.8. The summed E-state index contributed by atoms with van der Waals surface area (Å²) in [6, 6.07) is 0.749. The minimum Gasteiger partial charge on any atom is -0.317 e. The molecule has 0 bridgehead atoms. The summed E-state index contributed by atoms with van der Waals surface area (Å²) in [5, 5.41) is 3.49. The lowest BCUT2D eigenvalue weighted by molar-refractivity contribution is 0.176. The van der Waals surface area contributed by atoms with E-state index >= 15 is 0 Å². The van der Waals surface area contributed by atoms with Crippen LogP contribution >= 0.6 is 11.9 Å². The second-order valence-corrected chi connectivity index (χ2v) is 8.05. The summed E-state index contributed by atoms with van der Waals surface area (Å²) in [6.07, 6.45) is 6.98. The van der Waals surface area contributed by atoms with Crippen molar-refractivity contribution in [2.45, 2.75) is 63.7 Å². The summed E-state index contributed by atoms with van der Waals surface area (Å²) in [6.45, 7) is 9.30. The van der Waals surface area contributed by atoms with Gasteiger partial charge in [-0.15, -0.1) is 0 Å². The van der Waals surface area contributed by atoms with E-state index in [9.17, 15) is 0 Å². The van der Waals surface area contributed by atoms with Crippen LogP contribution in [-0.4, -0.2) is 23.9 Å². The molecule has 1 saturated carbocycles. The standard InChI is InChI=1S/C13H26N2S/c1-12(2,3)16-15-11-5-4-6-13(11)7-9-14-10-8-13/h11,14-15H,4-10H2,1-3H3. The van der Waals surface area contributed by atoms with E-state index in [1.807, 2.05) is 11.9 Å². The molecule has 1 aliphatic heterocycles. The molecule has 2 fully saturated rings. The zero-order valence-electron chi connectivity index (χ0n) is 10.9. The number of nitrogens with one attached hydrogen (secondary N) is 2. The van der Waals surface area contributed by atoms with Gasteiger partial charge in [-0.05, 0) is 65.0 Å². The predicted octanol–water partition coefficient (Wildman–Crippen LogP) is 2.95. The maximum absolute atomic E-state index is 3.77. The second kappa shape index (κ2) is 4.87. The first kappa shape index (κ1) is 12.7. The van der Waals surface area contributed by atoms with Crippen molar-refractivity contribution in [1.82, 2.24) is 10.0 Å². The Labute approximate surface area is 104 Å². The van der Waals surface area contributed by atoms with Crippen molar-refractivity contribution < 1.29 is 0 Å². The van der Waals surface area contributed by atoms with Crippen LogP contribution in [-0.2, 0) is 0 Å². The Morgan fingerprint density at radius 1 is 1.19 bits per heavy atom. The van der Waals surface area contributed by atoms with Gasteiger partial charge in [0.1, 0.15) is 0 Å². The molecule has 2 N–H and O–H groups in total. The topological polar surface area (TPSA) is 24.1 Å². The molecule has 1 unspecified atom stereocenters. The lowest BCUT2D eigenvalue weighted by Crippen LogP contribution is -2.46. The molecule has 1 spiro atoms. The molecule has 1 heterocycles. The molecule has 3 heteroatoms. The van der Waals surface area contributed by atoms with Gasteiger partial charge in [0.05, 0.1) is 0 Å². The van der Waals surface area contributed by atoms with Crippen LogP contribution in [0.3, 0.4) is 0 Å². The van der Waals surface area contributed by atoms with Gasteiger partial charge in [-0.2, -0.15) is 0 Å². The van der Waals surface area contributed by atoms with Crippen molar-refractivity contribution in [2.75, 3.05) is 13.1 Å². The van der Waals surface area contributed by atoms with Gasteiger partial charge in [-0.25, -0.2) is 0 Å². The molecular weight excluding hydrogens is 216 g/mol. The zero-order chi connectivity index (χ0) is 11.6. The van der Waals surface area contributed by atoms with Crippen molar-refractivity contribution in [3.05, 3.63) is 0 Å². The summed E-state index contributed by atoms with van der Waals surface area (Å²) < 4.78 is 4.10. The van der Waals surface area contributed by atoms with E-state index in [4.69, 9.17) is 0 Å². The summed E-state index contributed by atoms with van der Waals surface area (Å²) in [5.74, 6) is 0. The van der Waals surface area contributed by atoms with Gasteiger partial charge in [0.15, 0.2) is 0 Å². The molecular formula is C13H26N2S. The molecule has 2 nitrogen and oxygen atoms in total. The van der Waals surface area contributed by atoms with Crippen molar-refractivity contribution in [3.63, 3.8) is 0 Å². The summed E-state index contributed by atoms with van der Waals surface area (Å²) in [7, 11) is 0. The van der Waals surface area contributed by atoms with E-state index in [1.54, 1.807) is 0 Å². The van der Waals surface area contributed by atoms with E-state index < -0.39 is 0 Å². The van der Waals surface area contributed by atoms with Gasteiger partial charge >= 0.3 is 0 Å². The molecule has 16 heavy (non-hydrogen) atoms. The Balaban J connectivity index is 1.92. The normalized spacial score (nSPS) is 29.8. The first-order valence-electron chi connectivity index (χ1n) is 6.66. The van der Waals surface area contributed by atoms with Crippen LogP contribution in [0.15, 0.2) is 0 Å². The van der Waals surface area contributed by atoms with Crippen molar-refractivity contribution in [3.8, 4) is 0 Å². The summed E-state index contributed by atoms with van der Waals surface area (Å²) >= 11 is 1.93. The Kier molecular flexibility index (Phi) is 3.87. The molecule has 0 aromatic rings. The highest BCUT2D eigenvalue weighted by atomic mass is 32.2.